The van der Waals surface area contributed by atoms with Crippen LogP contribution in [-0.4, -0.2) is 59.2 Å². The van der Waals surface area contributed by atoms with Gasteiger partial charge in [-0.15, -0.1) is 12.4 Å². The number of carbonyl (C=O) groups excluding carboxylic acids is 1. The number of rotatable bonds is 4. The molecule has 1 aliphatic rings. The number of para-hydroxylation sites is 1. The molecule has 1 amide bonds. The Morgan fingerprint density at radius 1 is 1.03 bits per heavy atom. The molecule has 3 heterocycles. The predicted octanol–water partition coefficient (Wildman–Crippen LogP) is 4.19. The molecule has 4 aromatic rings. The average molecular weight is 451 g/mol. The number of aromatic amines is 1. The second-order valence-electron chi connectivity index (χ2n) is 7.32. The third kappa shape index (κ3) is 4.04. The minimum absolute atomic E-state index is 0. The minimum Gasteiger partial charge on any atom is -0.496 e. The lowest BCUT2D eigenvalue weighted by atomic mass is 10.1. The van der Waals surface area contributed by atoms with Crippen LogP contribution in [0.3, 0.4) is 0 Å². The van der Waals surface area contributed by atoms with E-state index in [1.54, 1.807) is 13.3 Å². The van der Waals surface area contributed by atoms with Crippen molar-refractivity contribution in [3.63, 3.8) is 0 Å². The summed E-state index contributed by atoms with van der Waals surface area (Å²) in [7, 11) is 1.66. The van der Waals surface area contributed by atoms with Crippen molar-refractivity contribution in [2.24, 2.45) is 0 Å². The standard InChI is InChI=1S/C24H22N4O3.ClH/c1-30-20-5-3-2-4-18(20)19-10-11-25-23-21(19)26-22(27-23)16-6-8-17(9-7-16)24(29)28-12-14-31-15-13-28;/h2-11H,12-15H2,1H3,(H,25,26,27);1H. The number of methoxy groups -OCH3 is 1. The van der Waals surface area contributed by atoms with Crippen molar-refractivity contribution in [1.29, 1.82) is 0 Å². The second kappa shape index (κ2) is 9.38. The van der Waals surface area contributed by atoms with E-state index in [9.17, 15) is 4.79 Å². The number of imidazole rings is 1. The number of ether oxygens (including phenoxy) is 2. The number of benzene rings is 2. The van der Waals surface area contributed by atoms with Gasteiger partial charge in [0.1, 0.15) is 11.6 Å². The highest BCUT2D eigenvalue weighted by Gasteiger charge is 2.19. The summed E-state index contributed by atoms with van der Waals surface area (Å²) in [6.45, 7) is 2.43. The van der Waals surface area contributed by atoms with E-state index >= 15 is 0 Å². The number of hydrogen-bond acceptors (Lipinski definition) is 5. The number of fused-ring (bicyclic) bond motifs is 1. The molecule has 1 saturated heterocycles. The summed E-state index contributed by atoms with van der Waals surface area (Å²) in [6.07, 6.45) is 1.75. The van der Waals surface area contributed by atoms with Crippen molar-refractivity contribution < 1.29 is 14.3 Å². The van der Waals surface area contributed by atoms with Gasteiger partial charge in [0.15, 0.2) is 5.65 Å². The summed E-state index contributed by atoms with van der Waals surface area (Å²) < 4.78 is 10.9. The number of hydrogen-bond donors (Lipinski definition) is 1. The summed E-state index contributed by atoms with van der Waals surface area (Å²) in [5.74, 6) is 1.52. The normalized spacial score (nSPS) is 13.6. The molecule has 0 radical (unpaired) electrons. The average Bonchev–Trinajstić information content (AvgIpc) is 3.29. The molecule has 32 heavy (non-hydrogen) atoms. The van der Waals surface area contributed by atoms with Crippen molar-refractivity contribution in [1.82, 2.24) is 19.9 Å². The van der Waals surface area contributed by atoms with E-state index in [0.717, 1.165) is 28.0 Å². The quantitative estimate of drug-likeness (QED) is 0.504. The fourth-order valence-corrected chi connectivity index (χ4v) is 3.86. The van der Waals surface area contributed by atoms with Gasteiger partial charge in [-0.25, -0.2) is 9.97 Å². The molecule has 0 saturated carbocycles. The molecule has 0 bridgehead atoms. The first kappa shape index (κ1) is 21.8. The lowest BCUT2D eigenvalue weighted by Gasteiger charge is -2.26. The zero-order chi connectivity index (χ0) is 21.2. The van der Waals surface area contributed by atoms with Crippen molar-refractivity contribution in [3.8, 4) is 28.3 Å². The molecule has 0 aliphatic carbocycles. The Morgan fingerprint density at radius 3 is 2.53 bits per heavy atom. The SMILES string of the molecule is COc1ccccc1-c1ccnc2nc(-c3ccc(C(=O)N4CCOCC4)cc3)[nH]c12.Cl. The number of halogens is 1. The zero-order valence-corrected chi connectivity index (χ0v) is 18.4. The van der Waals surface area contributed by atoms with Crippen LogP contribution in [0, 0.1) is 0 Å². The molecule has 1 fully saturated rings. The first-order valence-corrected chi connectivity index (χ1v) is 10.2. The van der Waals surface area contributed by atoms with Gasteiger partial charge in [0, 0.05) is 41.5 Å². The topological polar surface area (TPSA) is 80.3 Å². The van der Waals surface area contributed by atoms with E-state index in [2.05, 4.69) is 15.0 Å². The number of morpholine rings is 1. The monoisotopic (exact) mass is 450 g/mol. The molecule has 1 N–H and O–H groups in total. The zero-order valence-electron chi connectivity index (χ0n) is 17.6. The number of H-pyrrole nitrogens is 1. The number of carbonyl (C=O) groups is 1. The van der Waals surface area contributed by atoms with E-state index in [0.29, 0.717) is 43.3 Å². The van der Waals surface area contributed by atoms with E-state index in [4.69, 9.17) is 9.47 Å². The van der Waals surface area contributed by atoms with Gasteiger partial charge in [-0.3, -0.25) is 4.79 Å². The Labute approximate surface area is 191 Å². The molecule has 0 atom stereocenters. The van der Waals surface area contributed by atoms with Crippen LogP contribution in [0.15, 0.2) is 60.8 Å². The van der Waals surface area contributed by atoms with Crippen molar-refractivity contribution in [2.75, 3.05) is 33.4 Å². The molecule has 2 aromatic carbocycles. The van der Waals surface area contributed by atoms with Gasteiger partial charge in [-0.05, 0) is 24.3 Å². The second-order valence-corrected chi connectivity index (χ2v) is 7.32. The molecule has 1 aliphatic heterocycles. The van der Waals surface area contributed by atoms with Gasteiger partial charge in [-0.2, -0.15) is 0 Å². The van der Waals surface area contributed by atoms with Gasteiger partial charge in [0.25, 0.3) is 5.91 Å². The first-order valence-electron chi connectivity index (χ1n) is 10.2. The van der Waals surface area contributed by atoms with Gasteiger partial charge in [-0.1, -0.05) is 30.3 Å². The van der Waals surface area contributed by atoms with Crippen LogP contribution < -0.4 is 4.74 Å². The highest BCUT2D eigenvalue weighted by atomic mass is 35.5. The number of amides is 1. The number of aromatic nitrogens is 3. The van der Waals surface area contributed by atoms with E-state index in [-0.39, 0.29) is 18.3 Å². The van der Waals surface area contributed by atoms with Gasteiger partial charge in [0.05, 0.1) is 25.8 Å². The molecular weight excluding hydrogens is 428 g/mol. The Hall–Kier alpha value is -3.42. The van der Waals surface area contributed by atoms with Crippen LogP contribution >= 0.6 is 12.4 Å². The molecule has 164 valence electrons. The van der Waals surface area contributed by atoms with E-state index in [1.807, 2.05) is 59.5 Å². The van der Waals surface area contributed by atoms with Crippen LogP contribution in [0.5, 0.6) is 5.75 Å². The Balaban J connectivity index is 0.00000245. The highest BCUT2D eigenvalue weighted by molar-refractivity contribution is 5.95. The summed E-state index contributed by atoms with van der Waals surface area (Å²) in [5.41, 5.74) is 4.97. The lowest BCUT2D eigenvalue weighted by molar-refractivity contribution is 0.0303. The van der Waals surface area contributed by atoms with Gasteiger partial charge >= 0.3 is 0 Å². The van der Waals surface area contributed by atoms with E-state index < -0.39 is 0 Å². The van der Waals surface area contributed by atoms with E-state index in [1.165, 1.54) is 0 Å². The maximum Gasteiger partial charge on any atom is 0.254 e. The van der Waals surface area contributed by atoms with Gasteiger partial charge in [0.2, 0.25) is 0 Å². The first-order chi connectivity index (χ1) is 15.2. The molecule has 5 rings (SSSR count). The molecular formula is C24H23ClN4O3. The highest BCUT2D eigenvalue weighted by Crippen LogP contribution is 2.34. The predicted molar refractivity (Wildman–Crippen MR) is 125 cm³/mol. The third-order valence-electron chi connectivity index (χ3n) is 5.49. The van der Waals surface area contributed by atoms with Crippen LogP contribution in [-0.2, 0) is 4.74 Å². The third-order valence-corrected chi connectivity index (χ3v) is 5.49. The van der Waals surface area contributed by atoms with Crippen molar-refractivity contribution in [2.45, 2.75) is 0 Å². The maximum absolute atomic E-state index is 12.7. The maximum atomic E-state index is 12.7. The molecule has 7 nitrogen and oxygen atoms in total. The number of nitrogens with one attached hydrogen (secondary N) is 1. The fraction of sp³-hybridized carbons (Fsp3) is 0.208. The molecule has 8 heteroatoms. The Morgan fingerprint density at radius 2 is 1.78 bits per heavy atom. The van der Waals surface area contributed by atoms with Crippen LogP contribution in [0.2, 0.25) is 0 Å². The summed E-state index contributed by atoms with van der Waals surface area (Å²) >= 11 is 0. The summed E-state index contributed by atoms with van der Waals surface area (Å²) in [4.78, 5) is 27.0. The fourth-order valence-electron chi connectivity index (χ4n) is 3.86. The minimum atomic E-state index is 0. The molecule has 2 aromatic heterocycles. The summed E-state index contributed by atoms with van der Waals surface area (Å²) in [6, 6.07) is 17.3. The van der Waals surface area contributed by atoms with Crippen LogP contribution in [0.25, 0.3) is 33.7 Å². The number of nitrogens with zero attached hydrogens (tertiary/aromatic N) is 3. The summed E-state index contributed by atoms with van der Waals surface area (Å²) in [5, 5.41) is 0. The van der Waals surface area contributed by atoms with Gasteiger partial charge < -0.3 is 19.4 Å². The Bertz CT molecular complexity index is 1230. The lowest BCUT2D eigenvalue weighted by Crippen LogP contribution is -2.40. The van der Waals surface area contributed by atoms with Crippen LogP contribution in [0.4, 0.5) is 0 Å². The smallest absolute Gasteiger partial charge is 0.254 e. The largest absolute Gasteiger partial charge is 0.496 e. The Kier molecular flexibility index (Phi) is 6.39. The molecule has 0 spiro atoms. The van der Waals surface area contributed by atoms with Crippen molar-refractivity contribution in [3.05, 3.63) is 66.4 Å². The van der Waals surface area contributed by atoms with Crippen LogP contribution in [0.1, 0.15) is 10.4 Å². The number of pyridine rings is 1. The van der Waals surface area contributed by atoms with Crippen molar-refractivity contribution >= 4 is 29.5 Å². The molecule has 0 unspecified atom stereocenters.